The number of unbranched alkanes of at least 4 members (excludes halogenated alkanes) is 3. The summed E-state index contributed by atoms with van der Waals surface area (Å²) in [5, 5.41) is 0. The van der Waals surface area contributed by atoms with Crippen LogP contribution in [0, 0.1) is 0 Å². The lowest BCUT2D eigenvalue weighted by molar-refractivity contribution is -0.688. The maximum atomic E-state index is 2.28. The highest BCUT2D eigenvalue weighted by Gasteiger charge is 2.06. The molecule has 0 atom stereocenters. The summed E-state index contributed by atoms with van der Waals surface area (Å²) in [6.07, 6.45) is 10.8. The minimum atomic E-state index is 0.977. The van der Waals surface area contributed by atoms with Crippen LogP contribution in [0.15, 0.2) is 54.9 Å². The third kappa shape index (κ3) is 4.51. The standard InChI is InChI=1S/C18H24N/c1-2-3-4-6-11-17-12-7-8-13-18(17)16-19-14-9-5-10-15-19/h5,7-10,12-15H,2-4,6,11,16H2,1H3/q+1. The Morgan fingerprint density at radius 3 is 2.26 bits per heavy atom. The smallest absolute Gasteiger partial charge is 0.174 e. The molecule has 0 unspecified atom stereocenters. The number of rotatable bonds is 7. The van der Waals surface area contributed by atoms with Crippen LogP contribution in [0.25, 0.3) is 0 Å². The van der Waals surface area contributed by atoms with Gasteiger partial charge in [0.25, 0.3) is 0 Å². The first kappa shape index (κ1) is 13.8. The summed E-state index contributed by atoms with van der Waals surface area (Å²) < 4.78 is 2.24. The van der Waals surface area contributed by atoms with Crippen LogP contribution in [0.5, 0.6) is 0 Å². The van der Waals surface area contributed by atoms with Crippen molar-refractivity contribution in [3.05, 3.63) is 66.0 Å². The van der Waals surface area contributed by atoms with Crippen LogP contribution in [0.4, 0.5) is 0 Å². The van der Waals surface area contributed by atoms with Gasteiger partial charge in [0.2, 0.25) is 0 Å². The summed E-state index contributed by atoms with van der Waals surface area (Å²) in [6.45, 7) is 3.24. The second kappa shape index (κ2) is 7.73. The maximum absolute atomic E-state index is 2.28. The Bertz CT molecular complexity index is 476. The van der Waals surface area contributed by atoms with Gasteiger partial charge in [-0.2, -0.15) is 0 Å². The number of nitrogens with zero attached hydrogens (tertiary/aromatic N) is 1. The van der Waals surface area contributed by atoms with Crippen LogP contribution in [0.2, 0.25) is 0 Å². The van der Waals surface area contributed by atoms with Crippen molar-refractivity contribution < 1.29 is 4.57 Å². The summed E-state index contributed by atoms with van der Waals surface area (Å²) in [5.41, 5.74) is 2.96. The summed E-state index contributed by atoms with van der Waals surface area (Å²) in [7, 11) is 0. The lowest BCUT2D eigenvalue weighted by Crippen LogP contribution is -2.33. The fourth-order valence-corrected chi connectivity index (χ4v) is 2.43. The number of benzene rings is 1. The van der Waals surface area contributed by atoms with Crippen LogP contribution in [0.1, 0.15) is 43.7 Å². The van der Waals surface area contributed by atoms with Crippen molar-refractivity contribution in [3.8, 4) is 0 Å². The highest BCUT2D eigenvalue weighted by atomic mass is 14.9. The molecule has 0 spiro atoms. The first-order valence-corrected chi connectivity index (χ1v) is 7.41. The first-order valence-electron chi connectivity index (χ1n) is 7.41. The zero-order valence-corrected chi connectivity index (χ0v) is 11.9. The Balaban J connectivity index is 2.00. The van der Waals surface area contributed by atoms with Crippen LogP contribution in [0.3, 0.4) is 0 Å². The van der Waals surface area contributed by atoms with Gasteiger partial charge in [0.1, 0.15) is 0 Å². The monoisotopic (exact) mass is 254 g/mol. The lowest BCUT2D eigenvalue weighted by atomic mass is 10.0. The second-order valence-corrected chi connectivity index (χ2v) is 5.13. The molecule has 0 aliphatic carbocycles. The molecular formula is C18H24N+. The summed E-state index contributed by atoms with van der Waals surface area (Å²) in [5.74, 6) is 0. The zero-order chi connectivity index (χ0) is 13.3. The summed E-state index contributed by atoms with van der Waals surface area (Å²) in [4.78, 5) is 0. The molecule has 0 aliphatic rings. The van der Waals surface area contributed by atoms with E-state index in [1.165, 1.54) is 43.2 Å². The molecule has 1 heteroatoms. The Labute approximate surface area is 116 Å². The molecule has 0 aliphatic heterocycles. The minimum absolute atomic E-state index is 0.977. The molecule has 0 saturated carbocycles. The molecular weight excluding hydrogens is 230 g/mol. The molecule has 1 heterocycles. The SMILES string of the molecule is CCCCCCc1ccccc1C[n+]1ccccc1. The molecule has 100 valence electrons. The predicted octanol–water partition coefficient (Wildman–Crippen LogP) is 4.15. The van der Waals surface area contributed by atoms with E-state index < -0.39 is 0 Å². The topological polar surface area (TPSA) is 3.88 Å². The van der Waals surface area contributed by atoms with E-state index in [1.807, 2.05) is 0 Å². The van der Waals surface area contributed by atoms with Gasteiger partial charge >= 0.3 is 0 Å². The number of aromatic nitrogens is 1. The number of hydrogen-bond donors (Lipinski definition) is 0. The second-order valence-electron chi connectivity index (χ2n) is 5.13. The number of pyridine rings is 1. The van der Waals surface area contributed by atoms with Gasteiger partial charge in [0.05, 0.1) is 0 Å². The fraction of sp³-hybridized carbons (Fsp3) is 0.389. The Hall–Kier alpha value is -1.63. The van der Waals surface area contributed by atoms with Crippen LogP contribution >= 0.6 is 0 Å². The molecule has 0 amide bonds. The highest BCUT2D eigenvalue weighted by molar-refractivity contribution is 5.26. The van der Waals surface area contributed by atoms with Crippen molar-refractivity contribution in [2.45, 2.75) is 45.6 Å². The van der Waals surface area contributed by atoms with Gasteiger partial charge < -0.3 is 0 Å². The molecule has 0 bridgehead atoms. The Kier molecular flexibility index (Phi) is 5.61. The molecule has 0 saturated heterocycles. The van der Waals surface area contributed by atoms with Gasteiger partial charge in [-0.25, -0.2) is 4.57 Å². The average molecular weight is 254 g/mol. The summed E-state index contributed by atoms with van der Waals surface area (Å²) in [6, 6.07) is 15.1. The van der Waals surface area contributed by atoms with Crippen molar-refractivity contribution >= 4 is 0 Å². The van der Waals surface area contributed by atoms with E-state index in [9.17, 15) is 0 Å². The van der Waals surface area contributed by atoms with E-state index in [2.05, 4.69) is 66.3 Å². The van der Waals surface area contributed by atoms with E-state index in [0.717, 1.165) is 6.54 Å². The van der Waals surface area contributed by atoms with E-state index in [0.29, 0.717) is 0 Å². The third-order valence-electron chi connectivity index (χ3n) is 3.55. The molecule has 1 nitrogen and oxygen atoms in total. The van der Waals surface area contributed by atoms with E-state index in [-0.39, 0.29) is 0 Å². The van der Waals surface area contributed by atoms with Crippen molar-refractivity contribution in [1.29, 1.82) is 0 Å². The van der Waals surface area contributed by atoms with Crippen molar-refractivity contribution in [2.75, 3.05) is 0 Å². The zero-order valence-electron chi connectivity index (χ0n) is 11.9. The van der Waals surface area contributed by atoms with Gasteiger partial charge in [0.15, 0.2) is 18.9 Å². The molecule has 1 aromatic heterocycles. The average Bonchev–Trinajstić information content (AvgIpc) is 2.46. The maximum Gasteiger partial charge on any atom is 0.174 e. The van der Waals surface area contributed by atoms with Crippen LogP contribution < -0.4 is 4.57 Å². The van der Waals surface area contributed by atoms with Crippen LogP contribution in [-0.4, -0.2) is 0 Å². The van der Waals surface area contributed by atoms with Gasteiger partial charge in [-0.1, -0.05) is 56.5 Å². The van der Waals surface area contributed by atoms with Gasteiger partial charge in [0, 0.05) is 17.7 Å². The minimum Gasteiger partial charge on any atom is -0.201 e. The Morgan fingerprint density at radius 1 is 0.789 bits per heavy atom. The third-order valence-corrected chi connectivity index (χ3v) is 3.55. The molecule has 1 aromatic carbocycles. The molecule has 2 aromatic rings. The molecule has 0 fully saturated rings. The van der Waals surface area contributed by atoms with Crippen molar-refractivity contribution in [2.24, 2.45) is 0 Å². The summed E-state index contributed by atoms with van der Waals surface area (Å²) >= 11 is 0. The van der Waals surface area contributed by atoms with Crippen molar-refractivity contribution in [1.82, 2.24) is 0 Å². The normalized spacial score (nSPS) is 10.6. The van der Waals surface area contributed by atoms with Gasteiger partial charge in [-0.3, -0.25) is 0 Å². The van der Waals surface area contributed by atoms with Gasteiger partial charge in [-0.15, -0.1) is 0 Å². The number of hydrogen-bond acceptors (Lipinski definition) is 0. The highest BCUT2D eigenvalue weighted by Crippen LogP contribution is 2.13. The molecule has 19 heavy (non-hydrogen) atoms. The first-order chi connectivity index (χ1) is 9.40. The van der Waals surface area contributed by atoms with Crippen LogP contribution in [-0.2, 0) is 13.0 Å². The largest absolute Gasteiger partial charge is 0.201 e. The van der Waals surface area contributed by atoms with E-state index in [1.54, 1.807) is 0 Å². The molecule has 0 N–H and O–H groups in total. The molecule has 0 radical (unpaired) electrons. The number of aryl methyl sites for hydroxylation is 1. The van der Waals surface area contributed by atoms with Gasteiger partial charge in [-0.05, 0) is 18.4 Å². The quantitative estimate of drug-likeness (QED) is 0.516. The van der Waals surface area contributed by atoms with E-state index >= 15 is 0 Å². The predicted molar refractivity (Wildman–Crippen MR) is 80.0 cm³/mol. The fourth-order valence-electron chi connectivity index (χ4n) is 2.43. The van der Waals surface area contributed by atoms with E-state index in [4.69, 9.17) is 0 Å². The lowest BCUT2D eigenvalue weighted by Gasteiger charge is -2.07. The Morgan fingerprint density at radius 2 is 1.53 bits per heavy atom. The van der Waals surface area contributed by atoms with Crippen molar-refractivity contribution in [3.63, 3.8) is 0 Å². The molecule has 2 rings (SSSR count).